The number of sulfonamides is 1. The molecule has 5 nitrogen and oxygen atoms in total. The molecule has 1 saturated heterocycles. The predicted molar refractivity (Wildman–Crippen MR) is 113 cm³/mol. The Morgan fingerprint density at radius 3 is 2.35 bits per heavy atom. The summed E-state index contributed by atoms with van der Waals surface area (Å²) in [6, 6.07) is 8.73. The number of amides is 1. The van der Waals surface area contributed by atoms with Crippen molar-refractivity contribution in [3.63, 3.8) is 0 Å². The molecule has 1 fully saturated rings. The molecule has 168 valence electrons. The van der Waals surface area contributed by atoms with Gasteiger partial charge in [0, 0.05) is 30.4 Å². The van der Waals surface area contributed by atoms with Crippen LogP contribution in [0.25, 0.3) is 0 Å². The maximum Gasteiger partial charge on any atom is 0.243 e. The molecule has 2 aromatic rings. The largest absolute Gasteiger partial charge is 0.356 e. The zero-order valence-corrected chi connectivity index (χ0v) is 18.3. The van der Waals surface area contributed by atoms with Gasteiger partial charge < -0.3 is 5.32 Å². The molecular weight excluding hydrogens is 449 g/mol. The van der Waals surface area contributed by atoms with Crippen molar-refractivity contribution in [2.24, 2.45) is 5.92 Å². The highest BCUT2D eigenvalue weighted by atomic mass is 32.2. The first-order valence-corrected chi connectivity index (χ1v) is 12.3. The van der Waals surface area contributed by atoms with E-state index in [1.807, 2.05) is 0 Å². The van der Waals surface area contributed by atoms with Gasteiger partial charge in [0.15, 0.2) is 11.6 Å². The molecule has 1 N–H and O–H groups in total. The van der Waals surface area contributed by atoms with Crippen molar-refractivity contribution in [1.29, 1.82) is 0 Å². The summed E-state index contributed by atoms with van der Waals surface area (Å²) in [7, 11) is -3.94. The van der Waals surface area contributed by atoms with Crippen LogP contribution in [0, 0.1) is 23.4 Å². The summed E-state index contributed by atoms with van der Waals surface area (Å²) in [5.41, 5.74) is 0. The maximum atomic E-state index is 13.4. The van der Waals surface area contributed by atoms with Crippen molar-refractivity contribution in [3.05, 3.63) is 59.9 Å². The molecule has 2 aromatic carbocycles. The summed E-state index contributed by atoms with van der Waals surface area (Å²) >= 11 is 1.58. The number of thioether (sulfide) groups is 1. The molecule has 3 rings (SSSR count). The van der Waals surface area contributed by atoms with Gasteiger partial charge >= 0.3 is 0 Å². The van der Waals surface area contributed by atoms with E-state index >= 15 is 0 Å². The quantitative estimate of drug-likeness (QED) is 0.469. The first kappa shape index (κ1) is 23.6. The van der Waals surface area contributed by atoms with Gasteiger partial charge in [0.2, 0.25) is 15.9 Å². The van der Waals surface area contributed by atoms with Gasteiger partial charge in [-0.1, -0.05) is 0 Å². The minimum absolute atomic E-state index is 0.114. The number of halogens is 3. The lowest BCUT2D eigenvalue weighted by molar-refractivity contribution is -0.126. The first-order chi connectivity index (χ1) is 14.8. The Morgan fingerprint density at radius 2 is 1.71 bits per heavy atom. The summed E-state index contributed by atoms with van der Waals surface area (Å²) < 4.78 is 65.8. The van der Waals surface area contributed by atoms with Crippen LogP contribution >= 0.6 is 11.8 Å². The Morgan fingerprint density at radius 1 is 1.03 bits per heavy atom. The Balaban J connectivity index is 1.41. The second kappa shape index (κ2) is 10.5. The average molecular weight is 473 g/mol. The Kier molecular flexibility index (Phi) is 8.01. The van der Waals surface area contributed by atoms with Crippen LogP contribution in [-0.4, -0.2) is 44.0 Å². The fraction of sp³-hybridized carbons (Fsp3) is 0.381. The van der Waals surface area contributed by atoms with Gasteiger partial charge in [0.05, 0.1) is 4.90 Å². The number of nitrogens with one attached hydrogen (secondary N) is 1. The topological polar surface area (TPSA) is 66.5 Å². The van der Waals surface area contributed by atoms with E-state index in [-0.39, 0.29) is 35.6 Å². The zero-order valence-electron chi connectivity index (χ0n) is 16.7. The summed E-state index contributed by atoms with van der Waals surface area (Å²) in [5, 5.41) is 2.88. The van der Waals surface area contributed by atoms with E-state index in [0.717, 1.165) is 29.2 Å². The second-order valence-corrected chi connectivity index (χ2v) is 10.3. The lowest BCUT2D eigenvalue weighted by atomic mass is 9.97. The van der Waals surface area contributed by atoms with E-state index in [9.17, 15) is 26.4 Å². The predicted octanol–water partition coefficient (Wildman–Crippen LogP) is 3.80. The highest BCUT2D eigenvalue weighted by Gasteiger charge is 2.32. The molecule has 0 aromatic heterocycles. The molecule has 0 atom stereocenters. The second-order valence-electron chi connectivity index (χ2n) is 7.20. The van der Waals surface area contributed by atoms with Gasteiger partial charge in [-0.3, -0.25) is 4.79 Å². The van der Waals surface area contributed by atoms with Crippen molar-refractivity contribution < 1.29 is 26.4 Å². The molecular formula is C21H23F3N2O3S2. The number of hydrogen-bond acceptors (Lipinski definition) is 4. The molecule has 0 unspecified atom stereocenters. The molecule has 1 aliphatic rings. The number of benzene rings is 2. The monoisotopic (exact) mass is 472 g/mol. The van der Waals surface area contributed by atoms with E-state index in [2.05, 4.69) is 5.32 Å². The molecule has 0 spiro atoms. The highest BCUT2D eigenvalue weighted by molar-refractivity contribution is 7.99. The third-order valence-corrected chi connectivity index (χ3v) is 8.05. The van der Waals surface area contributed by atoms with Crippen LogP contribution in [-0.2, 0) is 14.8 Å². The fourth-order valence-electron chi connectivity index (χ4n) is 3.29. The van der Waals surface area contributed by atoms with Crippen LogP contribution in [0.5, 0.6) is 0 Å². The van der Waals surface area contributed by atoms with Gasteiger partial charge in [0.25, 0.3) is 0 Å². The Hall–Kier alpha value is -2.04. The van der Waals surface area contributed by atoms with Crippen LogP contribution in [0.15, 0.2) is 52.3 Å². The number of rotatable bonds is 8. The van der Waals surface area contributed by atoms with Crippen molar-refractivity contribution in [2.45, 2.75) is 29.1 Å². The highest BCUT2D eigenvalue weighted by Crippen LogP contribution is 2.25. The van der Waals surface area contributed by atoms with Gasteiger partial charge in [0.1, 0.15) is 5.82 Å². The maximum absolute atomic E-state index is 13.4. The molecule has 0 bridgehead atoms. The minimum Gasteiger partial charge on any atom is -0.356 e. The summed E-state index contributed by atoms with van der Waals surface area (Å²) in [4.78, 5) is 13.0. The number of nitrogens with zero attached hydrogens (tertiary/aromatic N) is 1. The minimum atomic E-state index is -3.94. The van der Waals surface area contributed by atoms with E-state index in [0.29, 0.717) is 25.5 Å². The number of hydrogen-bond donors (Lipinski definition) is 1. The Labute approximate surface area is 184 Å². The lowest BCUT2D eigenvalue weighted by Gasteiger charge is -2.30. The normalized spacial score (nSPS) is 15.7. The molecule has 31 heavy (non-hydrogen) atoms. The molecule has 0 saturated carbocycles. The van der Waals surface area contributed by atoms with E-state index in [1.165, 1.54) is 16.4 Å². The summed E-state index contributed by atoms with van der Waals surface area (Å²) in [5.74, 6) is -2.23. The smallest absolute Gasteiger partial charge is 0.243 e. The third-order valence-electron chi connectivity index (χ3n) is 5.06. The lowest BCUT2D eigenvalue weighted by Crippen LogP contribution is -2.43. The van der Waals surface area contributed by atoms with Gasteiger partial charge in [-0.15, -0.1) is 11.8 Å². The van der Waals surface area contributed by atoms with Gasteiger partial charge in [-0.2, -0.15) is 4.31 Å². The standard InChI is InChI=1S/C21H23F3N2O3S2/c22-16-2-4-17(5-3-16)30-13-1-10-25-21(27)15-8-11-26(12-9-15)31(28,29)18-6-7-19(23)20(24)14-18/h2-7,14-15H,1,8-13H2,(H,25,27). The molecule has 0 radical (unpaired) electrons. The number of carbonyl (C=O) groups is 1. The Bertz CT molecular complexity index is 1010. The van der Waals surface area contributed by atoms with Crippen LogP contribution in [0.4, 0.5) is 13.2 Å². The SMILES string of the molecule is O=C(NCCCSc1ccc(F)cc1)C1CCN(S(=O)(=O)c2ccc(F)c(F)c2)CC1. The summed E-state index contributed by atoms with van der Waals surface area (Å²) in [6.07, 6.45) is 1.47. The number of carbonyl (C=O) groups excluding carboxylic acids is 1. The van der Waals surface area contributed by atoms with Crippen LogP contribution < -0.4 is 5.32 Å². The molecule has 1 amide bonds. The van der Waals surface area contributed by atoms with E-state index < -0.39 is 21.7 Å². The van der Waals surface area contributed by atoms with E-state index in [4.69, 9.17) is 0 Å². The van der Waals surface area contributed by atoms with E-state index in [1.54, 1.807) is 23.9 Å². The van der Waals surface area contributed by atoms with Crippen LogP contribution in [0.1, 0.15) is 19.3 Å². The van der Waals surface area contributed by atoms with Crippen molar-refractivity contribution in [2.75, 3.05) is 25.4 Å². The molecule has 10 heteroatoms. The third kappa shape index (κ3) is 6.24. The first-order valence-electron chi connectivity index (χ1n) is 9.88. The van der Waals surface area contributed by atoms with Crippen molar-refractivity contribution >= 4 is 27.7 Å². The van der Waals surface area contributed by atoms with Gasteiger partial charge in [-0.05, 0) is 67.5 Å². The molecule has 1 heterocycles. The molecule has 1 aliphatic heterocycles. The summed E-state index contributed by atoms with van der Waals surface area (Å²) in [6.45, 7) is 0.778. The molecule has 0 aliphatic carbocycles. The van der Waals surface area contributed by atoms with Gasteiger partial charge in [-0.25, -0.2) is 21.6 Å². The zero-order chi connectivity index (χ0) is 22.4. The van der Waals surface area contributed by atoms with Crippen molar-refractivity contribution in [1.82, 2.24) is 9.62 Å². The fourth-order valence-corrected chi connectivity index (χ4v) is 5.63. The number of piperidine rings is 1. The average Bonchev–Trinajstić information content (AvgIpc) is 2.76. The van der Waals surface area contributed by atoms with Crippen LogP contribution in [0.3, 0.4) is 0 Å². The van der Waals surface area contributed by atoms with Crippen molar-refractivity contribution in [3.8, 4) is 0 Å². The van der Waals surface area contributed by atoms with Crippen LogP contribution in [0.2, 0.25) is 0 Å².